The van der Waals surface area contributed by atoms with Crippen LogP contribution in [0.5, 0.6) is 5.75 Å². The zero-order chi connectivity index (χ0) is 20.5. The molecule has 1 N–H and O–H groups in total. The number of hydrogen-bond donors (Lipinski definition) is 1. The van der Waals surface area contributed by atoms with Crippen LogP contribution in [-0.2, 0) is 0 Å². The van der Waals surface area contributed by atoms with E-state index in [2.05, 4.69) is 18.8 Å². The Bertz CT molecular complexity index is 671. The molecular weight excluding hydrogens is 324 g/mol. The highest BCUT2D eigenvalue weighted by Crippen LogP contribution is 2.28. The molecule has 26 heavy (non-hydrogen) atoms. The van der Waals surface area contributed by atoms with Crippen LogP contribution < -0.4 is 0 Å². The van der Waals surface area contributed by atoms with Gasteiger partial charge in [0.15, 0.2) is 5.78 Å². The zero-order valence-corrected chi connectivity index (χ0v) is 18.0. The first-order chi connectivity index (χ1) is 12.2. The minimum Gasteiger partial charge on any atom is -0.507 e. The van der Waals surface area contributed by atoms with Gasteiger partial charge in [-0.05, 0) is 63.8 Å². The average molecular weight is 361 g/mol. The van der Waals surface area contributed by atoms with Crippen molar-refractivity contribution in [2.24, 2.45) is 9.98 Å². The molecule has 0 atom stereocenters. The van der Waals surface area contributed by atoms with Crippen LogP contribution in [0.15, 0.2) is 22.1 Å². The first-order valence-corrected chi connectivity index (χ1v) is 9.61. The predicted octanol–water partition coefficient (Wildman–Crippen LogP) is 5.78. The number of carbonyl (C=O) groups is 1. The van der Waals surface area contributed by atoms with E-state index < -0.39 is 0 Å². The summed E-state index contributed by atoms with van der Waals surface area (Å²) in [4.78, 5) is 20.8. The molecule has 1 heterocycles. The molecule has 4 heteroatoms. The average Bonchev–Trinajstić information content (AvgIpc) is 2.95. The van der Waals surface area contributed by atoms with Crippen molar-refractivity contribution < 1.29 is 9.90 Å². The van der Waals surface area contributed by atoms with Crippen LogP contribution >= 0.6 is 0 Å². The Balaban J connectivity index is 0.00000146. The lowest BCUT2D eigenvalue weighted by Gasteiger charge is -2.13. The Morgan fingerprint density at radius 1 is 1.19 bits per heavy atom. The topological polar surface area (TPSA) is 62.0 Å². The summed E-state index contributed by atoms with van der Waals surface area (Å²) in [6.45, 7) is 15.7. The van der Waals surface area contributed by atoms with Gasteiger partial charge in [-0.15, -0.1) is 0 Å². The molecular formula is C22H36N2O2. The van der Waals surface area contributed by atoms with Crippen LogP contribution in [-0.4, -0.2) is 34.9 Å². The minimum atomic E-state index is -0.145. The number of ketones is 1. The Kier molecular flexibility index (Phi) is 10.1. The molecule has 1 aliphatic rings. The molecule has 0 unspecified atom stereocenters. The molecule has 0 spiro atoms. The van der Waals surface area contributed by atoms with E-state index in [4.69, 9.17) is 4.99 Å². The maximum Gasteiger partial charge on any atom is 0.163 e. The number of aryl methyl sites for hydroxylation is 1. The van der Waals surface area contributed by atoms with Crippen LogP contribution in [0.1, 0.15) is 89.2 Å². The highest BCUT2D eigenvalue weighted by Gasteiger charge is 2.25. The minimum absolute atomic E-state index is 0.0166. The fraction of sp³-hybridized carbons (Fsp3) is 0.591. The summed E-state index contributed by atoms with van der Waals surface area (Å²) in [7, 11) is 1.76. The molecule has 2 rings (SSSR count). The Hall–Kier alpha value is -1.97. The molecule has 0 fully saturated rings. The summed E-state index contributed by atoms with van der Waals surface area (Å²) < 4.78 is 0. The number of aromatic hydroxyl groups is 1. The van der Waals surface area contributed by atoms with E-state index >= 15 is 0 Å². The quantitative estimate of drug-likeness (QED) is 0.546. The third-order valence-corrected chi connectivity index (χ3v) is 4.16. The smallest absolute Gasteiger partial charge is 0.163 e. The number of rotatable bonds is 4. The van der Waals surface area contributed by atoms with Gasteiger partial charge >= 0.3 is 0 Å². The second-order valence-corrected chi connectivity index (χ2v) is 6.58. The maximum atomic E-state index is 11.6. The molecule has 1 aliphatic heterocycles. The lowest BCUT2D eigenvalue weighted by atomic mass is 9.95. The molecule has 0 amide bonds. The van der Waals surface area contributed by atoms with E-state index in [1.807, 2.05) is 34.6 Å². The molecule has 0 bridgehead atoms. The van der Waals surface area contributed by atoms with E-state index in [0.717, 1.165) is 35.4 Å². The molecule has 0 radical (unpaired) electrons. The molecule has 4 nitrogen and oxygen atoms in total. The summed E-state index contributed by atoms with van der Waals surface area (Å²) in [6.07, 6.45) is 2.75. The number of carbonyl (C=O) groups excluding carboxylic acids is 1. The van der Waals surface area contributed by atoms with Crippen molar-refractivity contribution in [1.82, 2.24) is 0 Å². The highest BCUT2D eigenvalue weighted by atomic mass is 16.3. The normalized spacial score (nSPS) is 15.3. The Morgan fingerprint density at radius 2 is 1.77 bits per heavy atom. The molecule has 0 saturated heterocycles. The van der Waals surface area contributed by atoms with Crippen molar-refractivity contribution in [3.63, 3.8) is 0 Å². The molecule has 0 aliphatic carbocycles. The Morgan fingerprint density at radius 3 is 2.19 bits per heavy atom. The summed E-state index contributed by atoms with van der Waals surface area (Å²) in [6, 6.07) is 3.38. The summed E-state index contributed by atoms with van der Waals surface area (Å²) in [5, 5.41) is 9.91. The van der Waals surface area contributed by atoms with E-state index in [9.17, 15) is 9.90 Å². The molecule has 1 aromatic carbocycles. The van der Waals surface area contributed by atoms with Crippen LogP contribution in [0, 0.1) is 6.92 Å². The largest absolute Gasteiger partial charge is 0.507 e. The van der Waals surface area contributed by atoms with Crippen molar-refractivity contribution in [2.45, 2.75) is 80.2 Å². The number of phenols is 1. The molecule has 0 saturated carbocycles. The van der Waals surface area contributed by atoms with Crippen molar-refractivity contribution >= 4 is 17.2 Å². The van der Waals surface area contributed by atoms with Gasteiger partial charge < -0.3 is 5.11 Å². The molecule has 0 aromatic heterocycles. The van der Waals surface area contributed by atoms with E-state index in [1.165, 1.54) is 6.92 Å². The standard InChI is InChI=1S/C18H24N2O2.2C2H6/c1-11-8-17(22)15(12(2)21)10-14(11)16(19-5)9-13-6-7-18(3,4)20-13;2*1-2/h8,10,22H,6-7,9H2,1-5H3;2*1-2H3. The van der Waals surface area contributed by atoms with Crippen molar-refractivity contribution in [3.8, 4) is 5.75 Å². The SMILES string of the molecule is CC.CC.CN=C(CC1=NC(C)(C)CC1)c1cc(C(C)=O)c(O)cc1C. The third kappa shape index (κ3) is 6.40. The van der Waals surface area contributed by atoms with Gasteiger partial charge in [-0.3, -0.25) is 14.8 Å². The van der Waals surface area contributed by atoms with Gasteiger partial charge in [0.25, 0.3) is 0 Å². The first kappa shape index (κ1) is 24.0. The van der Waals surface area contributed by atoms with Crippen LogP contribution in [0.2, 0.25) is 0 Å². The molecule has 146 valence electrons. The van der Waals surface area contributed by atoms with Crippen LogP contribution in [0.3, 0.4) is 0 Å². The zero-order valence-electron chi connectivity index (χ0n) is 18.0. The van der Waals surface area contributed by atoms with Gasteiger partial charge in [-0.25, -0.2) is 0 Å². The van der Waals surface area contributed by atoms with Crippen molar-refractivity contribution in [2.75, 3.05) is 7.05 Å². The first-order valence-electron chi connectivity index (χ1n) is 9.61. The van der Waals surface area contributed by atoms with Gasteiger partial charge in [0.1, 0.15) is 5.75 Å². The second-order valence-electron chi connectivity index (χ2n) is 6.58. The van der Waals surface area contributed by atoms with E-state index in [0.29, 0.717) is 12.0 Å². The fourth-order valence-electron chi connectivity index (χ4n) is 2.89. The van der Waals surface area contributed by atoms with E-state index in [-0.39, 0.29) is 17.1 Å². The van der Waals surface area contributed by atoms with Crippen LogP contribution in [0.4, 0.5) is 0 Å². The van der Waals surface area contributed by atoms with Gasteiger partial charge in [-0.2, -0.15) is 0 Å². The van der Waals surface area contributed by atoms with E-state index in [1.54, 1.807) is 19.2 Å². The van der Waals surface area contributed by atoms with Gasteiger partial charge in [-0.1, -0.05) is 27.7 Å². The monoisotopic (exact) mass is 360 g/mol. The lowest BCUT2D eigenvalue weighted by Crippen LogP contribution is -2.12. The number of hydrogen-bond acceptors (Lipinski definition) is 4. The highest BCUT2D eigenvalue weighted by molar-refractivity contribution is 6.14. The number of phenolic OH excluding ortho intramolecular Hbond substituents is 1. The van der Waals surface area contributed by atoms with Gasteiger partial charge in [0.05, 0.1) is 11.1 Å². The number of aliphatic imine (C=N–C) groups is 2. The Labute approximate surface area is 159 Å². The lowest BCUT2D eigenvalue weighted by molar-refractivity contribution is 0.101. The van der Waals surface area contributed by atoms with Crippen molar-refractivity contribution in [1.29, 1.82) is 0 Å². The number of nitrogens with zero attached hydrogens (tertiary/aromatic N) is 2. The second kappa shape index (κ2) is 10.9. The molecule has 1 aromatic rings. The summed E-state index contributed by atoms with van der Waals surface area (Å²) in [5.41, 5.74) is 4.26. The maximum absolute atomic E-state index is 11.6. The predicted molar refractivity (Wildman–Crippen MR) is 113 cm³/mol. The summed E-state index contributed by atoms with van der Waals surface area (Å²) >= 11 is 0. The number of benzene rings is 1. The van der Waals surface area contributed by atoms with Gasteiger partial charge in [0.2, 0.25) is 0 Å². The van der Waals surface area contributed by atoms with Crippen LogP contribution in [0.25, 0.3) is 0 Å². The fourth-order valence-corrected chi connectivity index (χ4v) is 2.89. The van der Waals surface area contributed by atoms with Crippen molar-refractivity contribution in [3.05, 3.63) is 28.8 Å². The summed E-state index contributed by atoms with van der Waals surface area (Å²) in [5.74, 6) is -0.114. The number of Topliss-reactive ketones (excluding diaryl/α,β-unsaturated/α-hetero) is 1. The third-order valence-electron chi connectivity index (χ3n) is 4.16. The van der Waals surface area contributed by atoms with Gasteiger partial charge in [0, 0.05) is 24.9 Å².